The number of anilines is 1. The molecule has 0 aromatic carbocycles. The van der Waals surface area contributed by atoms with E-state index in [-0.39, 0.29) is 11.9 Å². The summed E-state index contributed by atoms with van der Waals surface area (Å²) in [5.74, 6) is -0.208. The molecule has 0 aliphatic carbocycles. The zero-order valence-corrected chi connectivity index (χ0v) is 10.3. The fourth-order valence-electron chi connectivity index (χ4n) is 1.56. The topological polar surface area (TPSA) is 82.7 Å². The fraction of sp³-hybridized carbons (Fsp3) is 0.250. The van der Waals surface area contributed by atoms with Crippen molar-refractivity contribution >= 4 is 11.6 Å². The van der Waals surface area contributed by atoms with E-state index in [1.54, 1.807) is 37.8 Å². The molecule has 6 nitrogen and oxygen atoms in total. The van der Waals surface area contributed by atoms with Gasteiger partial charge in [-0.1, -0.05) is 0 Å². The van der Waals surface area contributed by atoms with Crippen LogP contribution in [0.2, 0.25) is 0 Å². The predicted molar refractivity (Wildman–Crippen MR) is 68.3 cm³/mol. The molecule has 1 unspecified atom stereocenters. The first-order valence-electron chi connectivity index (χ1n) is 5.64. The number of carbonyl (C=O) groups is 1. The quantitative estimate of drug-likeness (QED) is 0.759. The molecule has 3 N–H and O–H groups in total. The summed E-state index contributed by atoms with van der Waals surface area (Å²) in [5, 5.41) is 12.4. The van der Waals surface area contributed by atoms with E-state index in [2.05, 4.69) is 25.8 Å². The zero-order valence-electron chi connectivity index (χ0n) is 10.3. The highest BCUT2D eigenvalue weighted by Gasteiger charge is 2.13. The summed E-state index contributed by atoms with van der Waals surface area (Å²) in [7, 11) is 1.80. The van der Waals surface area contributed by atoms with Gasteiger partial charge >= 0.3 is 0 Å². The maximum Gasteiger partial charge on any atom is 0.270 e. The third-order valence-corrected chi connectivity index (χ3v) is 2.65. The van der Waals surface area contributed by atoms with Gasteiger partial charge in [0.1, 0.15) is 5.69 Å². The Morgan fingerprint density at radius 2 is 2.33 bits per heavy atom. The molecular weight excluding hydrogens is 230 g/mol. The minimum absolute atomic E-state index is 0.115. The standard InChI is InChI=1S/C12H15N5O/c1-8(9-6-15-16-7-9)17-12(18)11-5-10(13-2)3-4-14-11/h3-8H,1-2H3,(H,13,14)(H,15,16)(H,17,18). The van der Waals surface area contributed by atoms with Gasteiger partial charge in [0.2, 0.25) is 0 Å². The number of H-pyrrole nitrogens is 1. The van der Waals surface area contributed by atoms with Gasteiger partial charge in [0.25, 0.3) is 5.91 Å². The van der Waals surface area contributed by atoms with Crippen LogP contribution in [0.1, 0.15) is 29.0 Å². The van der Waals surface area contributed by atoms with Crippen LogP contribution in [0.5, 0.6) is 0 Å². The lowest BCUT2D eigenvalue weighted by atomic mass is 10.2. The number of nitrogens with one attached hydrogen (secondary N) is 3. The van der Waals surface area contributed by atoms with Crippen LogP contribution in [-0.4, -0.2) is 28.1 Å². The van der Waals surface area contributed by atoms with Crippen LogP contribution in [0.3, 0.4) is 0 Å². The third kappa shape index (κ3) is 2.65. The Morgan fingerprint density at radius 1 is 1.50 bits per heavy atom. The van der Waals surface area contributed by atoms with E-state index in [4.69, 9.17) is 0 Å². The number of rotatable bonds is 4. The summed E-state index contributed by atoms with van der Waals surface area (Å²) in [6.45, 7) is 1.89. The second kappa shape index (κ2) is 5.31. The molecule has 0 saturated carbocycles. The summed E-state index contributed by atoms with van der Waals surface area (Å²) in [5.41, 5.74) is 2.16. The van der Waals surface area contributed by atoms with Crippen LogP contribution in [0, 0.1) is 0 Å². The number of carbonyl (C=O) groups excluding carboxylic acids is 1. The van der Waals surface area contributed by atoms with Crippen molar-refractivity contribution in [2.24, 2.45) is 0 Å². The van der Waals surface area contributed by atoms with Crippen LogP contribution in [0.4, 0.5) is 5.69 Å². The normalized spacial score (nSPS) is 11.9. The van der Waals surface area contributed by atoms with Crippen molar-refractivity contribution in [3.63, 3.8) is 0 Å². The van der Waals surface area contributed by atoms with E-state index in [1.807, 2.05) is 6.92 Å². The van der Waals surface area contributed by atoms with Crippen molar-refractivity contribution in [1.29, 1.82) is 0 Å². The molecule has 2 heterocycles. The number of pyridine rings is 1. The molecule has 2 aromatic rings. The minimum atomic E-state index is -0.208. The van der Waals surface area contributed by atoms with Crippen LogP contribution >= 0.6 is 0 Å². The van der Waals surface area contributed by atoms with Gasteiger partial charge in [0.15, 0.2) is 0 Å². The first-order chi connectivity index (χ1) is 8.70. The van der Waals surface area contributed by atoms with Crippen molar-refractivity contribution in [2.75, 3.05) is 12.4 Å². The highest BCUT2D eigenvalue weighted by atomic mass is 16.1. The Kier molecular flexibility index (Phi) is 3.57. The van der Waals surface area contributed by atoms with Crippen molar-refractivity contribution in [2.45, 2.75) is 13.0 Å². The third-order valence-electron chi connectivity index (χ3n) is 2.65. The van der Waals surface area contributed by atoms with Crippen molar-refractivity contribution in [1.82, 2.24) is 20.5 Å². The zero-order chi connectivity index (χ0) is 13.0. The Bertz CT molecular complexity index is 523. The van der Waals surface area contributed by atoms with E-state index in [0.29, 0.717) is 5.69 Å². The summed E-state index contributed by atoms with van der Waals surface area (Å²) in [6, 6.07) is 3.39. The average molecular weight is 245 g/mol. The van der Waals surface area contributed by atoms with Gasteiger partial charge < -0.3 is 10.6 Å². The molecule has 2 aromatic heterocycles. The van der Waals surface area contributed by atoms with Gasteiger partial charge in [-0.3, -0.25) is 14.9 Å². The van der Waals surface area contributed by atoms with E-state index in [9.17, 15) is 4.79 Å². The van der Waals surface area contributed by atoms with E-state index < -0.39 is 0 Å². The summed E-state index contributed by atoms with van der Waals surface area (Å²) in [6.07, 6.45) is 5.04. The van der Waals surface area contributed by atoms with Crippen LogP contribution in [0.25, 0.3) is 0 Å². The van der Waals surface area contributed by atoms with Gasteiger partial charge in [-0.2, -0.15) is 5.10 Å². The highest BCUT2D eigenvalue weighted by Crippen LogP contribution is 2.11. The molecule has 0 spiro atoms. The van der Waals surface area contributed by atoms with Gasteiger partial charge in [-0.15, -0.1) is 0 Å². The lowest BCUT2D eigenvalue weighted by Crippen LogP contribution is -2.27. The molecule has 18 heavy (non-hydrogen) atoms. The molecular formula is C12H15N5O. The second-order valence-electron chi connectivity index (χ2n) is 3.91. The number of aromatic nitrogens is 3. The van der Waals surface area contributed by atoms with Crippen molar-refractivity contribution in [3.8, 4) is 0 Å². The monoisotopic (exact) mass is 245 g/mol. The largest absolute Gasteiger partial charge is 0.388 e. The number of hydrogen-bond donors (Lipinski definition) is 3. The first-order valence-corrected chi connectivity index (χ1v) is 5.64. The summed E-state index contributed by atoms with van der Waals surface area (Å²) >= 11 is 0. The molecule has 0 aliphatic rings. The SMILES string of the molecule is CNc1ccnc(C(=O)NC(C)c2cn[nH]c2)c1. The minimum Gasteiger partial charge on any atom is -0.388 e. The van der Waals surface area contributed by atoms with Crippen LogP contribution in [-0.2, 0) is 0 Å². The molecule has 0 saturated heterocycles. The van der Waals surface area contributed by atoms with Crippen LogP contribution in [0.15, 0.2) is 30.7 Å². The van der Waals surface area contributed by atoms with E-state index in [1.165, 1.54) is 0 Å². The molecule has 0 radical (unpaired) electrons. The molecule has 2 rings (SSSR count). The van der Waals surface area contributed by atoms with E-state index >= 15 is 0 Å². The lowest BCUT2D eigenvalue weighted by molar-refractivity contribution is 0.0935. The lowest BCUT2D eigenvalue weighted by Gasteiger charge is -2.11. The van der Waals surface area contributed by atoms with Crippen molar-refractivity contribution in [3.05, 3.63) is 42.0 Å². The average Bonchev–Trinajstić information content (AvgIpc) is 2.92. The van der Waals surface area contributed by atoms with Gasteiger partial charge in [-0.05, 0) is 19.1 Å². The molecule has 1 amide bonds. The first kappa shape index (κ1) is 12.1. The fourth-order valence-corrected chi connectivity index (χ4v) is 1.56. The van der Waals surface area contributed by atoms with Gasteiger partial charge in [-0.25, -0.2) is 0 Å². The number of aromatic amines is 1. The number of amides is 1. The maximum atomic E-state index is 12.0. The smallest absolute Gasteiger partial charge is 0.270 e. The van der Waals surface area contributed by atoms with Crippen LogP contribution < -0.4 is 10.6 Å². The molecule has 0 fully saturated rings. The molecule has 0 bridgehead atoms. The molecule has 0 aliphatic heterocycles. The Morgan fingerprint density at radius 3 is 3.00 bits per heavy atom. The van der Waals surface area contributed by atoms with Gasteiger partial charge in [0.05, 0.1) is 12.2 Å². The number of hydrogen-bond acceptors (Lipinski definition) is 4. The Labute approximate surface area is 105 Å². The maximum absolute atomic E-state index is 12.0. The van der Waals surface area contributed by atoms with E-state index in [0.717, 1.165) is 11.3 Å². The Balaban J connectivity index is 2.07. The predicted octanol–water partition coefficient (Wildman–Crippen LogP) is 1.34. The molecule has 1 atom stereocenters. The summed E-state index contributed by atoms with van der Waals surface area (Å²) < 4.78 is 0. The summed E-state index contributed by atoms with van der Waals surface area (Å²) in [4.78, 5) is 16.0. The van der Waals surface area contributed by atoms with Crippen molar-refractivity contribution < 1.29 is 4.79 Å². The molecule has 94 valence electrons. The molecule has 6 heteroatoms. The number of nitrogens with zero attached hydrogens (tertiary/aromatic N) is 2. The highest BCUT2D eigenvalue weighted by molar-refractivity contribution is 5.93. The second-order valence-corrected chi connectivity index (χ2v) is 3.91. The Hall–Kier alpha value is -2.37. The van der Waals surface area contributed by atoms with Gasteiger partial charge in [0, 0.05) is 30.7 Å².